The maximum Gasteiger partial charge on any atom is 0.325 e. The van der Waals surface area contributed by atoms with E-state index in [4.69, 9.17) is 10.5 Å². The Morgan fingerprint density at radius 3 is 2.59 bits per heavy atom. The molecule has 4 nitrogen and oxygen atoms in total. The molecule has 0 aliphatic carbocycles. The molecule has 0 aromatic rings. The van der Waals surface area contributed by atoms with Crippen molar-refractivity contribution in [2.24, 2.45) is 5.73 Å². The Bertz CT molecular complexity index is 217. The number of hydrogen-bond donors (Lipinski definition) is 1. The number of hydrogen-bond acceptors (Lipinski definition) is 4. The first-order chi connectivity index (χ1) is 7.94. The van der Waals surface area contributed by atoms with Gasteiger partial charge < -0.3 is 15.2 Å². The maximum absolute atomic E-state index is 11.3. The minimum atomic E-state index is -0.871. The lowest BCUT2D eigenvalue weighted by molar-refractivity contribution is -0.146. The van der Waals surface area contributed by atoms with Crippen LogP contribution in [0.2, 0.25) is 0 Å². The third kappa shape index (κ3) is 7.34. The second-order valence-electron chi connectivity index (χ2n) is 4.84. The van der Waals surface area contributed by atoms with Gasteiger partial charge in [-0.05, 0) is 39.5 Å². The van der Waals surface area contributed by atoms with Gasteiger partial charge in [-0.15, -0.1) is 0 Å². The summed E-state index contributed by atoms with van der Waals surface area (Å²) >= 11 is 0. The normalized spacial score (nSPS) is 16.3. The number of methoxy groups -OCH3 is 1. The highest BCUT2D eigenvalue weighted by Crippen LogP contribution is 2.13. The van der Waals surface area contributed by atoms with Crippen LogP contribution in [0, 0.1) is 0 Å². The molecule has 4 heteroatoms. The van der Waals surface area contributed by atoms with Gasteiger partial charge in [-0.2, -0.15) is 0 Å². The Hall–Kier alpha value is -0.610. The van der Waals surface area contributed by atoms with Crippen LogP contribution < -0.4 is 5.73 Å². The fourth-order valence-corrected chi connectivity index (χ4v) is 1.70. The Balaban J connectivity index is 3.60. The third-order valence-corrected chi connectivity index (χ3v) is 2.84. The second-order valence-corrected chi connectivity index (χ2v) is 4.84. The lowest BCUT2D eigenvalue weighted by Gasteiger charge is -2.21. The monoisotopic (exact) mass is 245 g/mol. The molecule has 0 amide bonds. The lowest BCUT2D eigenvalue weighted by Crippen LogP contribution is -2.45. The molecule has 0 aliphatic heterocycles. The molecule has 2 N–H and O–H groups in total. The minimum absolute atomic E-state index is 0.324. The number of unbranched alkanes of at least 4 members (excludes halogenated alkanes) is 1. The van der Waals surface area contributed by atoms with E-state index in [-0.39, 0.29) is 5.97 Å². The first-order valence-corrected chi connectivity index (χ1v) is 6.43. The van der Waals surface area contributed by atoms with Crippen molar-refractivity contribution >= 4 is 5.97 Å². The summed E-state index contributed by atoms with van der Waals surface area (Å²) in [6.07, 6.45) is 5.00. The summed E-state index contributed by atoms with van der Waals surface area (Å²) in [7, 11) is 1.36. The lowest BCUT2D eigenvalue weighted by atomic mass is 9.96. The molecule has 17 heavy (non-hydrogen) atoms. The van der Waals surface area contributed by atoms with E-state index in [0.717, 1.165) is 32.3 Å². The Morgan fingerprint density at radius 2 is 2.06 bits per heavy atom. The number of carbonyl (C=O) groups is 1. The van der Waals surface area contributed by atoms with Gasteiger partial charge in [0.25, 0.3) is 0 Å². The van der Waals surface area contributed by atoms with Gasteiger partial charge in [0.05, 0.1) is 13.2 Å². The summed E-state index contributed by atoms with van der Waals surface area (Å²) in [4.78, 5) is 11.3. The standard InChI is InChI=1S/C13H27NO3/c1-5-8-11(2)17-10-7-6-9-13(3,14)12(15)16-4/h11H,5-10,14H2,1-4H3. The molecular weight excluding hydrogens is 218 g/mol. The quantitative estimate of drug-likeness (QED) is 0.500. The second kappa shape index (κ2) is 8.48. The van der Waals surface area contributed by atoms with Crippen LogP contribution in [0.4, 0.5) is 0 Å². The van der Waals surface area contributed by atoms with Crippen LogP contribution in [-0.4, -0.2) is 31.3 Å². The molecule has 0 aromatic heterocycles. The van der Waals surface area contributed by atoms with Gasteiger partial charge in [-0.1, -0.05) is 13.3 Å². The van der Waals surface area contributed by atoms with Gasteiger partial charge in [0.2, 0.25) is 0 Å². The van der Waals surface area contributed by atoms with E-state index in [9.17, 15) is 4.79 Å². The largest absolute Gasteiger partial charge is 0.468 e. The van der Waals surface area contributed by atoms with Crippen molar-refractivity contribution in [1.29, 1.82) is 0 Å². The average molecular weight is 245 g/mol. The summed E-state index contributed by atoms with van der Waals surface area (Å²) in [5.41, 5.74) is 4.97. The van der Waals surface area contributed by atoms with Crippen LogP contribution in [0.5, 0.6) is 0 Å². The summed E-state index contributed by atoms with van der Waals surface area (Å²) in [5, 5.41) is 0. The Kier molecular flexibility index (Phi) is 8.17. The van der Waals surface area contributed by atoms with Gasteiger partial charge >= 0.3 is 5.97 Å². The van der Waals surface area contributed by atoms with Crippen molar-refractivity contribution in [2.45, 2.75) is 64.5 Å². The number of carbonyl (C=O) groups excluding carboxylic acids is 1. The van der Waals surface area contributed by atoms with Crippen molar-refractivity contribution in [3.63, 3.8) is 0 Å². The van der Waals surface area contributed by atoms with E-state index in [2.05, 4.69) is 18.6 Å². The number of ether oxygens (including phenoxy) is 2. The zero-order valence-electron chi connectivity index (χ0n) is 11.6. The van der Waals surface area contributed by atoms with Crippen LogP contribution in [0.15, 0.2) is 0 Å². The van der Waals surface area contributed by atoms with E-state index >= 15 is 0 Å². The van der Waals surface area contributed by atoms with Crippen molar-refractivity contribution < 1.29 is 14.3 Å². The molecule has 2 atom stereocenters. The molecule has 0 heterocycles. The minimum Gasteiger partial charge on any atom is -0.468 e. The smallest absolute Gasteiger partial charge is 0.325 e. The van der Waals surface area contributed by atoms with Gasteiger partial charge in [0, 0.05) is 6.61 Å². The first kappa shape index (κ1) is 16.4. The molecule has 0 aliphatic rings. The predicted octanol–water partition coefficient (Wildman–Crippen LogP) is 2.25. The van der Waals surface area contributed by atoms with E-state index in [0.29, 0.717) is 12.5 Å². The summed E-state index contributed by atoms with van der Waals surface area (Å²) < 4.78 is 10.3. The van der Waals surface area contributed by atoms with Crippen molar-refractivity contribution in [1.82, 2.24) is 0 Å². The van der Waals surface area contributed by atoms with Crippen LogP contribution in [-0.2, 0) is 14.3 Å². The fourth-order valence-electron chi connectivity index (χ4n) is 1.70. The van der Waals surface area contributed by atoms with E-state index in [1.54, 1.807) is 6.92 Å². The zero-order chi connectivity index (χ0) is 13.3. The molecule has 0 rings (SSSR count). The summed E-state index contributed by atoms with van der Waals surface area (Å²) in [6.45, 7) is 6.68. The number of rotatable bonds is 9. The van der Waals surface area contributed by atoms with Gasteiger partial charge in [-0.25, -0.2) is 0 Å². The molecule has 0 saturated heterocycles. The van der Waals surface area contributed by atoms with Crippen LogP contribution in [0.25, 0.3) is 0 Å². The van der Waals surface area contributed by atoms with Gasteiger partial charge in [0.15, 0.2) is 0 Å². The molecule has 0 bridgehead atoms. The first-order valence-electron chi connectivity index (χ1n) is 6.43. The fraction of sp³-hybridized carbons (Fsp3) is 0.923. The molecule has 0 spiro atoms. The van der Waals surface area contributed by atoms with Crippen molar-refractivity contribution in [2.75, 3.05) is 13.7 Å². The van der Waals surface area contributed by atoms with Gasteiger partial charge in [-0.3, -0.25) is 4.79 Å². The maximum atomic E-state index is 11.3. The highest BCUT2D eigenvalue weighted by Gasteiger charge is 2.28. The van der Waals surface area contributed by atoms with E-state index in [1.807, 2.05) is 0 Å². The van der Waals surface area contributed by atoms with Crippen LogP contribution >= 0.6 is 0 Å². The van der Waals surface area contributed by atoms with E-state index < -0.39 is 5.54 Å². The van der Waals surface area contributed by atoms with Crippen molar-refractivity contribution in [3.05, 3.63) is 0 Å². The van der Waals surface area contributed by atoms with E-state index in [1.165, 1.54) is 7.11 Å². The average Bonchev–Trinajstić information content (AvgIpc) is 2.27. The van der Waals surface area contributed by atoms with Crippen LogP contribution in [0.1, 0.15) is 52.9 Å². The van der Waals surface area contributed by atoms with Crippen LogP contribution in [0.3, 0.4) is 0 Å². The Labute approximate surface area is 105 Å². The summed E-state index contributed by atoms with van der Waals surface area (Å²) in [6, 6.07) is 0. The van der Waals surface area contributed by atoms with Gasteiger partial charge in [0.1, 0.15) is 5.54 Å². The third-order valence-electron chi connectivity index (χ3n) is 2.84. The molecule has 2 unspecified atom stereocenters. The molecule has 0 aromatic carbocycles. The topological polar surface area (TPSA) is 61.5 Å². The summed E-state index contributed by atoms with van der Waals surface area (Å²) in [5.74, 6) is -0.349. The molecule has 0 saturated carbocycles. The molecule has 102 valence electrons. The molecule has 0 radical (unpaired) electrons. The van der Waals surface area contributed by atoms with Crippen molar-refractivity contribution in [3.8, 4) is 0 Å². The number of esters is 1. The highest BCUT2D eigenvalue weighted by molar-refractivity contribution is 5.79. The zero-order valence-corrected chi connectivity index (χ0v) is 11.6. The predicted molar refractivity (Wildman–Crippen MR) is 68.8 cm³/mol. The number of nitrogens with two attached hydrogens (primary N) is 1. The SMILES string of the molecule is CCCC(C)OCCCCC(C)(N)C(=O)OC. The highest BCUT2D eigenvalue weighted by atomic mass is 16.5. The Morgan fingerprint density at radius 1 is 1.41 bits per heavy atom. The molecular formula is C13H27NO3. The molecule has 0 fully saturated rings.